The van der Waals surface area contributed by atoms with Gasteiger partial charge in [-0.2, -0.15) is 0 Å². The van der Waals surface area contributed by atoms with Crippen molar-refractivity contribution in [3.05, 3.63) is 63.1 Å². The van der Waals surface area contributed by atoms with Crippen LogP contribution in [0.3, 0.4) is 0 Å². The van der Waals surface area contributed by atoms with E-state index in [0.717, 1.165) is 11.8 Å². The normalized spacial score (nSPS) is 13.5. The van der Waals surface area contributed by atoms with Crippen molar-refractivity contribution in [1.29, 1.82) is 0 Å². The van der Waals surface area contributed by atoms with Crippen LogP contribution in [0.15, 0.2) is 47.4 Å². The lowest BCUT2D eigenvalue weighted by atomic mass is 10.1. The number of carbonyl (C=O) groups is 4. The lowest BCUT2D eigenvalue weighted by Crippen LogP contribution is -2.43. The zero-order valence-electron chi connectivity index (χ0n) is 23.2. The number of esters is 3. The number of ketones is 1. The molecule has 0 amide bonds. The molecule has 0 spiro atoms. The highest BCUT2D eigenvalue weighted by molar-refractivity contribution is 7.99. The van der Waals surface area contributed by atoms with E-state index < -0.39 is 47.4 Å². The van der Waals surface area contributed by atoms with Crippen LogP contribution < -0.4 is 0 Å². The predicted molar refractivity (Wildman–Crippen MR) is 159 cm³/mol. The Balaban J connectivity index is 2.27. The number of Topliss-reactive ketones (excluding diaryl/α,β-unsaturated/α-hetero) is 1. The Labute approximate surface area is 263 Å². The maximum Gasteiger partial charge on any atom is 0.303 e. The Morgan fingerprint density at radius 1 is 0.833 bits per heavy atom. The average molecular weight is 660 g/mol. The quantitative estimate of drug-likeness (QED) is 0.0360. The van der Waals surface area contributed by atoms with Crippen molar-refractivity contribution in [1.82, 2.24) is 0 Å². The molecule has 0 N–H and O–H groups in total. The van der Waals surface area contributed by atoms with Crippen molar-refractivity contribution in [2.75, 3.05) is 19.8 Å². The third kappa shape index (κ3) is 13.0. The molecule has 0 aromatic heterocycles. The van der Waals surface area contributed by atoms with Crippen LogP contribution in [0.4, 0.5) is 0 Å². The Bertz CT molecular complexity index is 1310. The molecule has 2 aromatic rings. The first-order chi connectivity index (χ1) is 19.8. The van der Waals surface area contributed by atoms with Gasteiger partial charge in [0.25, 0.3) is 0 Å². The molecule has 0 saturated heterocycles. The van der Waals surface area contributed by atoms with Crippen molar-refractivity contribution in [3.63, 3.8) is 0 Å². The zero-order chi connectivity index (χ0) is 31.2. The summed E-state index contributed by atoms with van der Waals surface area (Å²) in [5.74, 6) is 2.93. The summed E-state index contributed by atoms with van der Waals surface area (Å²) in [5.41, 5.74) is -0.606. The largest absolute Gasteiger partial charge is 0.463 e. The molecule has 0 aliphatic rings. The van der Waals surface area contributed by atoms with Crippen LogP contribution in [-0.4, -0.2) is 67.3 Å². The van der Waals surface area contributed by atoms with Gasteiger partial charge in [0.1, 0.15) is 30.9 Å². The lowest BCUT2D eigenvalue weighted by Gasteiger charge is -2.32. The standard InChI is InChI=1S/C29H29Cl3O9S/c1-17(39-19(3)34)27(16-38-18(2)33)41-29(42-23-11-12-24(31)25(32)14-23)28(40-20(4)35)15-37-13-5-6-26(36)21-7-9-22(30)10-8-21/h7-12,14,17,27-29H,13,15-16H2,1-4H3. The maximum atomic E-state index is 12.3. The van der Waals surface area contributed by atoms with Crippen LogP contribution in [0.2, 0.25) is 15.1 Å². The second-order valence-corrected chi connectivity index (χ2v) is 11.1. The number of hydrogen-bond acceptors (Lipinski definition) is 10. The third-order valence-electron chi connectivity index (χ3n) is 5.16. The highest BCUT2D eigenvalue weighted by Gasteiger charge is 2.33. The molecule has 13 heteroatoms. The number of thioether (sulfide) groups is 1. The van der Waals surface area contributed by atoms with Gasteiger partial charge in [-0.1, -0.05) is 52.5 Å². The molecule has 0 fully saturated rings. The van der Waals surface area contributed by atoms with Crippen LogP contribution in [-0.2, 0) is 38.1 Å². The highest BCUT2D eigenvalue weighted by atomic mass is 35.5. The van der Waals surface area contributed by atoms with Gasteiger partial charge in [-0.25, -0.2) is 0 Å². The van der Waals surface area contributed by atoms with Gasteiger partial charge >= 0.3 is 17.9 Å². The van der Waals surface area contributed by atoms with Gasteiger partial charge in [-0.05, 0) is 55.3 Å². The van der Waals surface area contributed by atoms with Crippen LogP contribution in [0.1, 0.15) is 38.1 Å². The van der Waals surface area contributed by atoms with Crippen LogP contribution in [0.25, 0.3) is 0 Å². The predicted octanol–water partition coefficient (Wildman–Crippen LogP) is 5.80. The van der Waals surface area contributed by atoms with Crippen LogP contribution in [0, 0.1) is 11.8 Å². The summed E-state index contributed by atoms with van der Waals surface area (Å²) >= 11 is 19.2. The molecule has 2 aromatic carbocycles. The van der Waals surface area contributed by atoms with Gasteiger partial charge in [-0.3, -0.25) is 19.2 Å². The molecule has 0 radical (unpaired) electrons. The van der Waals surface area contributed by atoms with E-state index in [0.29, 0.717) is 20.5 Å². The van der Waals surface area contributed by atoms with E-state index in [9.17, 15) is 19.2 Å². The van der Waals surface area contributed by atoms with E-state index >= 15 is 0 Å². The second-order valence-electron chi connectivity index (χ2n) is 8.65. The van der Waals surface area contributed by atoms with Crippen molar-refractivity contribution in [2.24, 2.45) is 0 Å². The fourth-order valence-corrected chi connectivity index (χ4v) is 4.84. The molecule has 0 aliphatic carbocycles. The van der Waals surface area contributed by atoms with Crippen LogP contribution in [0.5, 0.6) is 0 Å². The average Bonchev–Trinajstić information content (AvgIpc) is 2.91. The third-order valence-corrected chi connectivity index (χ3v) is 7.33. The van der Waals surface area contributed by atoms with Gasteiger partial charge in [0.15, 0.2) is 6.10 Å². The number of hydrogen-bond donors (Lipinski definition) is 0. The van der Waals surface area contributed by atoms with E-state index in [1.54, 1.807) is 49.4 Å². The molecule has 2 rings (SSSR count). The number of halogens is 3. The Hall–Kier alpha value is -2.78. The molecule has 9 nitrogen and oxygen atoms in total. The lowest BCUT2D eigenvalue weighted by molar-refractivity contribution is -0.173. The molecule has 0 saturated carbocycles. The van der Waals surface area contributed by atoms with Crippen molar-refractivity contribution in [3.8, 4) is 11.8 Å². The summed E-state index contributed by atoms with van der Waals surface area (Å²) in [5, 5.41) is 1.11. The maximum absolute atomic E-state index is 12.3. The van der Waals surface area contributed by atoms with Gasteiger partial charge in [0.2, 0.25) is 5.78 Å². The Morgan fingerprint density at radius 2 is 1.50 bits per heavy atom. The van der Waals surface area contributed by atoms with Crippen LogP contribution >= 0.6 is 46.6 Å². The fourth-order valence-electron chi connectivity index (χ4n) is 3.27. The van der Waals surface area contributed by atoms with Gasteiger partial charge < -0.3 is 23.7 Å². The minimum atomic E-state index is -1.03. The summed E-state index contributed by atoms with van der Waals surface area (Å²) in [6.07, 6.45) is -2.82. The topological polar surface area (TPSA) is 114 Å². The minimum Gasteiger partial charge on any atom is -0.463 e. The highest BCUT2D eigenvalue weighted by Crippen LogP contribution is 2.34. The number of carbonyl (C=O) groups excluding carboxylic acids is 4. The molecular weight excluding hydrogens is 631 g/mol. The molecule has 0 aliphatic heterocycles. The summed E-state index contributed by atoms with van der Waals surface area (Å²) in [6.45, 7) is 4.64. The number of benzene rings is 2. The summed E-state index contributed by atoms with van der Waals surface area (Å²) in [7, 11) is 0. The van der Waals surface area contributed by atoms with Crippen molar-refractivity contribution >= 4 is 70.3 Å². The minimum absolute atomic E-state index is 0.165. The summed E-state index contributed by atoms with van der Waals surface area (Å²) in [4.78, 5) is 48.1. The monoisotopic (exact) mass is 658 g/mol. The molecule has 4 unspecified atom stereocenters. The van der Waals surface area contributed by atoms with E-state index in [-0.39, 0.29) is 24.8 Å². The number of ether oxygens (including phenoxy) is 5. The molecule has 0 heterocycles. The first-order valence-electron chi connectivity index (χ1n) is 12.5. The SMILES string of the molecule is CC(=O)OCC(OC(Sc1ccc(Cl)c(Cl)c1)C(COCC#CC(=O)c1ccc(Cl)cc1)OC(C)=O)C(C)OC(C)=O. The molecule has 0 bridgehead atoms. The van der Waals surface area contributed by atoms with Gasteiger partial charge in [-0.15, -0.1) is 0 Å². The van der Waals surface area contributed by atoms with E-state index in [4.69, 9.17) is 58.5 Å². The molecule has 226 valence electrons. The van der Waals surface area contributed by atoms with E-state index in [1.165, 1.54) is 20.8 Å². The Morgan fingerprint density at radius 3 is 2.10 bits per heavy atom. The summed E-state index contributed by atoms with van der Waals surface area (Å²) < 4.78 is 27.8. The molecular formula is C29H29Cl3O9S. The Kier molecular flexibility index (Phi) is 15.2. The van der Waals surface area contributed by atoms with E-state index in [2.05, 4.69) is 11.8 Å². The molecule has 42 heavy (non-hydrogen) atoms. The smallest absolute Gasteiger partial charge is 0.303 e. The van der Waals surface area contributed by atoms with E-state index in [1.807, 2.05) is 0 Å². The first-order valence-corrected chi connectivity index (χ1v) is 14.5. The van der Waals surface area contributed by atoms with Gasteiger partial charge in [0, 0.05) is 36.3 Å². The second kappa shape index (κ2) is 18.0. The molecule has 4 atom stereocenters. The first kappa shape index (κ1) is 35.4. The van der Waals surface area contributed by atoms with Crippen molar-refractivity contribution < 1.29 is 42.9 Å². The summed E-state index contributed by atoms with van der Waals surface area (Å²) in [6, 6.07) is 11.2. The zero-order valence-corrected chi connectivity index (χ0v) is 26.3. The fraction of sp³-hybridized carbons (Fsp3) is 0.379. The van der Waals surface area contributed by atoms with Crippen molar-refractivity contribution in [2.45, 2.75) is 56.3 Å². The number of rotatable bonds is 14. The van der Waals surface area contributed by atoms with Gasteiger partial charge in [0.05, 0.1) is 16.7 Å².